The van der Waals surface area contributed by atoms with Crippen molar-refractivity contribution in [3.05, 3.63) is 24.2 Å². The van der Waals surface area contributed by atoms with E-state index < -0.39 is 0 Å². The first-order chi connectivity index (χ1) is 12.3. The first kappa shape index (κ1) is 23.2. The molecule has 1 aliphatic heterocycles. The van der Waals surface area contributed by atoms with Gasteiger partial charge in [0.15, 0.2) is 5.96 Å². The van der Waals surface area contributed by atoms with Crippen LogP contribution in [0.4, 0.5) is 0 Å². The van der Waals surface area contributed by atoms with Crippen LogP contribution in [-0.4, -0.2) is 81.8 Å². The summed E-state index contributed by atoms with van der Waals surface area (Å²) in [4.78, 5) is 9.27. The van der Waals surface area contributed by atoms with Crippen LogP contribution in [0.25, 0.3) is 0 Å². The number of likely N-dealkylation sites (N-methyl/N-ethyl adjacent to an activating group) is 1. The lowest BCUT2D eigenvalue weighted by Gasteiger charge is -2.34. The maximum atomic E-state index is 5.57. The molecule has 8 heteroatoms. The van der Waals surface area contributed by atoms with Gasteiger partial charge in [-0.1, -0.05) is 6.92 Å². The van der Waals surface area contributed by atoms with Gasteiger partial charge in [0.2, 0.25) is 0 Å². The number of piperazine rings is 1. The van der Waals surface area contributed by atoms with E-state index in [9.17, 15) is 0 Å². The number of rotatable bonds is 10. The predicted molar refractivity (Wildman–Crippen MR) is 116 cm³/mol. The molecule has 26 heavy (non-hydrogen) atoms. The van der Waals surface area contributed by atoms with Gasteiger partial charge in [-0.15, -0.1) is 24.0 Å². The number of guanidine groups is 1. The zero-order valence-electron chi connectivity index (χ0n) is 16.1. The van der Waals surface area contributed by atoms with Crippen molar-refractivity contribution in [3.8, 4) is 0 Å². The van der Waals surface area contributed by atoms with E-state index in [-0.39, 0.29) is 24.0 Å². The summed E-state index contributed by atoms with van der Waals surface area (Å²) >= 11 is 0. The Bertz CT molecular complexity index is 476. The van der Waals surface area contributed by atoms with E-state index in [0.717, 1.165) is 57.4 Å². The Morgan fingerprint density at radius 2 is 1.92 bits per heavy atom. The molecule has 0 saturated carbocycles. The van der Waals surface area contributed by atoms with Crippen molar-refractivity contribution in [2.75, 3.05) is 66.0 Å². The monoisotopic (exact) mass is 479 g/mol. The van der Waals surface area contributed by atoms with E-state index in [1.165, 1.54) is 13.1 Å². The van der Waals surface area contributed by atoms with E-state index in [1.54, 1.807) is 6.26 Å². The summed E-state index contributed by atoms with van der Waals surface area (Å²) in [5, 5.41) is 6.71. The molecule has 0 aromatic carbocycles. The standard InChI is InChI=1S/C18H33N5O2.HI/c1-3-22-10-12-23(13-11-22)9-8-21-18(19-2)20-7-5-14-24-16-17-6-4-15-25-17;/h4,6,15H,3,5,7-14,16H2,1-2H3,(H2,19,20,21);1H. The molecule has 2 N–H and O–H groups in total. The Balaban J connectivity index is 0.00000338. The van der Waals surface area contributed by atoms with Gasteiger partial charge in [-0.25, -0.2) is 0 Å². The predicted octanol–water partition coefficient (Wildman–Crippen LogP) is 1.61. The highest BCUT2D eigenvalue weighted by molar-refractivity contribution is 14.0. The van der Waals surface area contributed by atoms with Crippen molar-refractivity contribution < 1.29 is 9.15 Å². The van der Waals surface area contributed by atoms with Gasteiger partial charge < -0.3 is 24.7 Å². The van der Waals surface area contributed by atoms with Crippen molar-refractivity contribution in [3.63, 3.8) is 0 Å². The largest absolute Gasteiger partial charge is 0.467 e. The van der Waals surface area contributed by atoms with Gasteiger partial charge in [0.1, 0.15) is 12.4 Å². The Kier molecular flexibility index (Phi) is 12.7. The molecule has 0 atom stereocenters. The number of hydrogen-bond donors (Lipinski definition) is 2. The fourth-order valence-corrected chi connectivity index (χ4v) is 2.83. The Morgan fingerprint density at radius 1 is 1.19 bits per heavy atom. The molecule has 0 radical (unpaired) electrons. The molecular formula is C18H34IN5O2. The molecule has 0 aliphatic carbocycles. The van der Waals surface area contributed by atoms with E-state index in [1.807, 2.05) is 19.2 Å². The number of furan rings is 1. The van der Waals surface area contributed by atoms with Crippen molar-refractivity contribution in [2.24, 2.45) is 4.99 Å². The van der Waals surface area contributed by atoms with Crippen molar-refractivity contribution in [1.29, 1.82) is 0 Å². The lowest BCUT2D eigenvalue weighted by molar-refractivity contribution is 0.105. The first-order valence-corrected chi connectivity index (χ1v) is 9.31. The average molecular weight is 479 g/mol. The van der Waals surface area contributed by atoms with Gasteiger partial charge in [0.25, 0.3) is 0 Å². The van der Waals surface area contributed by atoms with Crippen LogP contribution < -0.4 is 10.6 Å². The lowest BCUT2D eigenvalue weighted by atomic mass is 10.3. The molecule has 0 amide bonds. The SMILES string of the molecule is CCN1CCN(CCNC(=NC)NCCCOCc2ccco2)CC1.I. The van der Waals surface area contributed by atoms with Crippen LogP contribution in [0.5, 0.6) is 0 Å². The highest BCUT2D eigenvalue weighted by Gasteiger charge is 2.14. The third kappa shape index (κ3) is 9.20. The van der Waals surface area contributed by atoms with Crippen LogP contribution in [0.1, 0.15) is 19.1 Å². The summed E-state index contributed by atoms with van der Waals surface area (Å²) in [7, 11) is 1.81. The molecule has 7 nitrogen and oxygen atoms in total. The second kappa shape index (κ2) is 14.2. The topological polar surface area (TPSA) is 65.3 Å². The Hall–Kier alpha value is -0.840. The third-order valence-corrected chi connectivity index (χ3v) is 4.44. The maximum Gasteiger partial charge on any atom is 0.191 e. The second-order valence-corrected chi connectivity index (χ2v) is 6.19. The number of hydrogen-bond acceptors (Lipinski definition) is 5. The van der Waals surface area contributed by atoms with E-state index in [4.69, 9.17) is 9.15 Å². The van der Waals surface area contributed by atoms with Gasteiger partial charge in [-0.2, -0.15) is 0 Å². The minimum absolute atomic E-state index is 0. The van der Waals surface area contributed by atoms with E-state index in [0.29, 0.717) is 13.2 Å². The summed E-state index contributed by atoms with van der Waals surface area (Å²) in [5.41, 5.74) is 0. The van der Waals surface area contributed by atoms with Crippen LogP contribution >= 0.6 is 24.0 Å². The van der Waals surface area contributed by atoms with Gasteiger partial charge >= 0.3 is 0 Å². The zero-order valence-corrected chi connectivity index (χ0v) is 18.4. The molecular weight excluding hydrogens is 445 g/mol. The molecule has 150 valence electrons. The van der Waals surface area contributed by atoms with Crippen molar-refractivity contribution >= 4 is 29.9 Å². The summed E-state index contributed by atoms with van der Waals surface area (Å²) < 4.78 is 10.8. The van der Waals surface area contributed by atoms with Gasteiger partial charge in [0.05, 0.1) is 6.26 Å². The minimum atomic E-state index is 0. The normalized spacial score (nSPS) is 16.3. The quantitative estimate of drug-likeness (QED) is 0.230. The van der Waals surface area contributed by atoms with Gasteiger partial charge in [0, 0.05) is 59.5 Å². The average Bonchev–Trinajstić information content (AvgIpc) is 3.17. The molecule has 0 unspecified atom stereocenters. The molecule has 0 bridgehead atoms. The fraction of sp³-hybridized carbons (Fsp3) is 0.722. The molecule has 1 aromatic heterocycles. The van der Waals surface area contributed by atoms with E-state index in [2.05, 4.69) is 32.3 Å². The van der Waals surface area contributed by atoms with Gasteiger partial charge in [-0.05, 0) is 25.1 Å². The third-order valence-electron chi connectivity index (χ3n) is 4.44. The van der Waals surface area contributed by atoms with Crippen LogP contribution in [0.15, 0.2) is 27.8 Å². The highest BCUT2D eigenvalue weighted by Crippen LogP contribution is 2.02. The lowest BCUT2D eigenvalue weighted by Crippen LogP contribution is -2.49. The van der Waals surface area contributed by atoms with E-state index >= 15 is 0 Å². The first-order valence-electron chi connectivity index (χ1n) is 9.31. The number of ether oxygens (including phenoxy) is 1. The number of aliphatic imine (C=N–C) groups is 1. The molecule has 1 aliphatic rings. The van der Waals surface area contributed by atoms with Gasteiger partial charge in [-0.3, -0.25) is 9.89 Å². The maximum absolute atomic E-state index is 5.57. The number of nitrogens with one attached hydrogen (secondary N) is 2. The molecule has 1 aromatic rings. The summed E-state index contributed by atoms with van der Waals surface area (Å²) in [6, 6.07) is 3.80. The molecule has 2 rings (SSSR count). The zero-order chi connectivity index (χ0) is 17.7. The van der Waals surface area contributed by atoms with Crippen LogP contribution in [0, 0.1) is 0 Å². The molecule has 0 spiro atoms. The summed E-state index contributed by atoms with van der Waals surface area (Å²) in [6.07, 6.45) is 2.60. The number of halogens is 1. The number of nitrogens with zero attached hydrogens (tertiary/aromatic N) is 3. The Labute approximate surface area is 174 Å². The molecule has 1 fully saturated rings. The highest BCUT2D eigenvalue weighted by atomic mass is 127. The van der Waals surface area contributed by atoms with Crippen LogP contribution in [0.2, 0.25) is 0 Å². The second-order valence-electron chi connectivity index (χ2n) is 6.19. The molecule has 2 heterocycles. The summed E-state index contributed by atoms with van der Waals surface area (Å²) in [6.45, 7) is 12.1. The fourth-order valence-electron chi connectivity index (χ4n) is 2.83. The van der Waals surface area contributed by atoms with Crippen molar-refractivity contribution in [1.82, 2.24) is 20.4 Å². The van der Waals surface area contributed by atoms with Crippen molar-refractivity contribution in [2.45, 2.75) is 20.0 Å². The molecule has 1 saturated heterocycles. The Morgan fingerprint density at radius 3 is 2.58 bits per heavy atom. The van der Waals surface area contributed by atoms with Crippen LogP contribution in [-0.2, 0) is 11.3 Å². The van der Waals surface area contributed by atoms with Crippen LogP contribution in [0.3, 0.4) is 0 Å². The smallest absolute Gasteiger partial charge is 0.191 e. The minimum Gasteiger partial charge on any atom is -0.467 e. The summed E-state index contributed by atoms with van der Waals surface area (Å²) in [5.74, 6) is 1.73.